The summed E-state index contributed by atoms with van der Waals surface area (Å²) in [5.41, 5.74) is 0.504. The van der Waals surface area contributed by atoms with E-state index in [9.17, 15) is 14.2 Å². The van der Waals surface area contributed by atoms with Gasteiger partial charge in [-0.15, -0.1) is 12.4 Å². The molecule has 1 aromatic rings. The molecule has 2 amide bonds. The lowest BCUT2D eigenvalue weighted by atomic mass is 10.2. The molecule has 0 saturated heterocycles. The van der Waals surface area contributed by atoms with E-state index in [1.807, 2.05) is 0 Å². The van der Waals surface area contributed by atoms with Crippen molar-refractivity contribution in [2.75, 3.05) is 0 Å². The monoisotopic (exact) mass is 411 g/mol. The van der Waals surface area contributed by atoms with Gasteiger partial charge in [0.05, 0.1) is 10.7 Å². The van der Waals surface area contributed by atoms with E-state index in [0.717, 1.165) is 0 Å². The molecular formula is C11H12BrClN3O5P. The van der Waals surface area contributed by atoms with E-state index in [1.165, 1.54) is 6.92 Å². The van der Waals surface area contributed by atoms with Crippen molar-refractivity contribution in [3.63, 3.8) is 0 Å². The van der Waals surface area contributed by atoms with Gasteiger partial charge in [0.2, 0.25) is 0 Å². The van der Waals surface area contributed by atoms with Crippen LogP contribution in [0.2, 0.25) is 0 Å². The first-order valence-corrected chi connectivity index (χ1v) is 8.28. The highest BCUT2D eigenvalue weighted by molar-refractivity contribution is 9.10. The van der Waals surface area contributed by atoms with Gasteiger partial charge in [0.25, 0.3) is 0 Å². The summed E-state index contributed by atoms with van der Waals surface area (Å²) in [5.74, 6) is -2.96. The quantitative estimate of drug-likeness (QED) is 0.464. The molecule has 0 bridgehead atoms. The fourth-order valence-corrected chi connectivity index (χ4v) is 2.49. The zero-order valence-electron chi connectivity index (χ0n) is 11.2. The molecule has 1 heterocycles. The maximum absolute atomic E-state index is 11.3. The zero-order valence-corrected chi connectivity index (χ0v) is 14.5. The standard InChI is InChI=1S/C11H11BrN3O5P.ClH/c1-5(21(18,19)20)13-4-6-2-7(12)3-8-9(6)15-11(17)10(16)14-8;/h2-3,5,13H,4H2,1H3,(H2,18,19,20);1H. The molecule has 11 heteroatoms. The Morgan fingerprint density at radius 3 is 2.45 bits per heavy atom. The van der Waals surface area contributed by atoms with Crippen molar-refractivity contribution < 1.29 is 23.9 Å². The van der Waals surface area contributed by atoms with Crippen molar-refractivity contribution in [1.82, 2.24) is 5.32 Å². The number of nitrogens with zero attached hydrogens (tertiary/aromatic N) is 2. The fraction of sp³-hybridized carbons (Fsp3) is 0.273. The van der Waals surface area contributed by atoms with E-state index < -0.39 is 25.2 Å². The SMILES string of the molecule is CC(NCc1cc(Br)cc2c1=NC(=O)C(=O)N=2)P(=O)(O)O.Cl. The van der Waals surface area contributed by atoms with Crippen LogP contribution in [0.3, 0.4) is 0 Å². The molecule has 3 N–H and O–H groups in total. The molecule has 120 valence electrons. The van der Waals surface area contributed by atoms with E-state index in [1.54, 1.807) is 12.1 Å². The smallest absolute Gasteiger partial charge is 0.323 e. The Bertz CT molecular complexity index is 794. The largest absolute Gasteiger partial charge is 0.342 e. The lowest BCUT2D eigenvalue weighted by Crippen LogP contribution is -2.39. The zero-order chi connectivity index (χ0) is 15.8. The number of amides is 2. The Morgan fingerprint density at radius 2 is 1.86 bits per heavy atom. The summed E-state index contributed by atoms with van der Waals surface area (Å²) >= 11 is 3.24. The first-order valence-electron chi connectivity index (χ1n) is 5.81. The molecule has 8 nitrogen and oxygen atoms in total. The molecule has 0 aromatic heterocycles. The van der Waals surface area contributed by atoms with Crippen molar-refractivity contribution in [3.05, 3.63) is 32.9 Å². The summed E-state index contributed by atoms with van der Waals surface area (Å²) in [4.78, 5) is 47.9. The average molecular weight is 413 g/mol. The van der Waals surface area contributed by atoms with E-state index in [4.69, 9.17) is 9.79 Å². The number of benzene rings is 1. The van der Waals surface area contributed by atoms with E-state index in [-0.39, 0.29) is 29.7 Å². The van der Waals surface area contributed by atoms with Gasteiger partial charge >= 0.3 is 19.4 Å². The first kappa shape index (κ1) is 19.1. The average Bonchev–Trinajstić information content (AvgIpc) is 2.36. The van der Waals surface area contributed by atoms with Crippen LogP contribution in [-0.2, 0) is 20.7 Å². The third-order valence-electron chi connectivity index (χ3n) is 2.84. The highest BCUT2D eigenvalue weighted by Gasteiger charge is 2.24. The van der Waals surface area contributed by atoms with Crippen LogP contribution < -0.4 is 16.0 Å². The molecule has 0 radical (unpaired) electrons. The number of fused-ring (bicyclic) bond motifs is 1. The molecule has 0 saturated carbocycles. The maximum Gasteiger partial charge on any atom is 0.342 e. The predicted molar refractivity (Wildman–Crippen MR) is 82.1 cm³/mol. The highest BCUT2D eigenvalue weighted by Crippen LogP contribution is 2.39. The molecule has 1 unspecified atom stereocenters. The van der Waals surface area contributed by atoms with Crippen LogP contribution in [0.5, 0.6) is 0 Å². The van der Waals surface area contributed by atoms with Crippen molar-refractivity contribution in [2.24, 2.45) is 9.98 Å². The second kappa shape index (κ2) is 7.08. The Kier molecular flexibility index (Phi) is 6.14. The molecule has 0 fully saturated rings. The lowest BCUT2D eigenvalue weighted by Gasteiger charge is -2.15. The van der Waals surface area contributed by atoms with Gasteiger partial charge in [-0.3, -0.25) is 19.5 Å². The van der Waals surface area contributed by atoms with Crippen LogP contribution in [0.25, 0.3) is 0 Å². The van der Waals surface area contributed by atoms with Gasteiger partial charge in [-0.05, 0) is 24.6 Å². The Hall–Kier alpha value is -0.960. The molecule has 1 aliphatic rings. The summed E-state index contributed by atoms with van der Waals surface area (Å²) in [5, 5.41) is 3.14. The number of hydrogen-bond donors (Lipinski definition) is 3. The molecule has 22 heavy (non-hydrogen) atoms. The summed E-state index contributed by atoms with van der Waals surface area (Å²) in [6, 6.07) is 3.18. The molecule has 1 aliphatic heterocycles. The van der Waals surface area contributed by atoms with Gasteiger partial charge in [0.1, 0.15) is 5.78 Å². The minimum atomic E-state index is -4.25. The van der Waals surface area contributed by atoms with Gasteiger partial charge in [-0.2, -0.15) is 0 Å². The summed E-state index contributed by atoms with van der Waals surface area (Å²) in [6.07, 6.45) is 0. The molecule has 1 aromatic carbocycles. The number of carbonyl (C=O) groups excluding carboxylic acids is 2. The number of rotatable bonds is 4. The lowest BCUT2D eigenvalue weighted by molar-refractivity contribution is -0.135. The van der Waals surface area contributed by atoms with Crippen molar-refractivity contribution >= 4 is 47.7 Å². The van der Waals surface area contributed by atoms with E-state index >= 15 is 0 Å². The van der Waals surface area contributed by atoms with Crippen molar-refractivity contribution in [1.29, 1.82) is 0 Å². The Balaban J connectivity index is 0.00000242. The minimum absolute atomic E-state index is 0. The fourth-order valence-electron chi connectivity index (χ4n) is 1.67. The molecule has 0 aliphatic carbocycles. The third-order valence-corrected chi connectivity index (χ3v) is 4.49. The minimum Gasteiger partial charge on any atom is -0.323 e. The van der Waals surface area contributed by atoms with Crippen LogP contribution in [-0.4, -0.2) is 27.4 Å². The predicted octanol–water partition coefficient (Wildman–Crippen LogP) is -0.210. The second-order valence-corrected chi connectivity index (χ2v) is 7.28. The number of hydrogen-bond acceptors (Lipinski definition) is 4. The van der Waals surface area contributed by atoms with Crippen LogP contribution in [0, 0.1) is 0 Å². The normalized spacial score (nSPS) is 15.3. The number of halogens is 2. The van der Waals surface area contributed by atoms with Crippen LogP contribution in [0.4, 0.5) is 0 Å². The Morgan fingerprint density at radius 1 is 1.27 bits per heavy atom. The Labute approximate surface area is 139 Å². The van der Waals surface area contributed by atoms with Gasteiger partial charge in [0.15, 0.2) is 0 Å². The topological polar surface area (TPSA) is 128 Å². The number of carbonyl (C=O) groups is 2. The summed E-state index contributed by atoms with van der Waals surface area (Å²) in [7, 11) is -4.25. The van der Waals surface area contributed by atoms with Gasteiger partial charge < -0.3 is 9.79 Å². The highest BCUT2D eigenvalue weighted by atomic mass is 79.9. The van der Waals surface area contributed by atoms with Crippen LogP contribution in [0.1, 0.15) is 12.5 Å². The summed E-state index contributed by atoms with van der Waals surface area (Å²) < 4.78 is 11.7. The van der Waals surface area contributed by atoms with Gasteiger partial charge in [-0.25, -0.2) is 9.98 Å². The van der Waals surface area contributed by atoms with Crippen LogP contribution in [0.15, 0.2) is 26.6 Å². The van der Waals surface area contributed by atoms with Crippen molar-refractivity contribution in [2.45, 2.75) is 19.3 Å². The summed E-state index contributed by atoms with van der Waals surface area (Å²) in [6.45, 7) is 1.41. The number of nitrogens with one attached hydrogen (secondary N) is 1. The van der Waals surface area contributed by atoms with E-state index in [0.29, 0.717) is 10.0 Å². The van der Waals surface area contributed by atoms with Gasteiger partial charge in [-0.1, -0.05) is 15.9 Å². The molecule has 2 rings (SSSR count). The second-order valence-electron chi connectivity index (χ2n) is 4.41. The van der Waals surface area contributed by atoms with E-state index in [2.05, 4.69) is 31.2 Å². The first-order chi connectivity index (χ1) is 9.68. The maximum atomic E-state index is 11.3. The van der Waals surface area contributed by atoms with Crippen molar-refractivity contribution in [3.8, 4) is 0 Å². The molecule has 1 atom stereocenters. The molecular weight excluding hydrogens is 400 g/mol. The van der Waals surface area contributed by atoms with Gasteiger partial charge in [0, 0.05) is 11.0 Å². The third kappa shape index (κ3) is 4.28. The van der Waals surface area contributed by atoms with Crippen LogP contribution >= 0.6 is 35.9 Å². The molecule has 0 spiro atoms.